The lowest BCUT2D eigenvalue weighted by molar-refractivity contribution is 0.208. The first-order valence-corrected chi connectivity index (χ1v) is 7.80. The Bertz CT molecular complexity index is 358. The smallest absolute Gasteiger partial charge is 0.119 e. The third kappa shape index (κ3) is 5.23. The molecule has 2 heteroatoms. The monoisotopic (exact) mass is 261 g/mol. The van der Waals surface area contributed by atoms with E-state index in [1.807, 2.05) is 0 Å². The van der Waals surface area contributed by atoms with Gasteiger partial charge in [0.1, 0.15) is 5.75 Å². The first kappa shape index (κ1) is 14.4. The lowest BCUT2D eigenvalue weighted by Gasteiger charge is -2.21. The van der Waals surface area contributed by atoms with Gasteiger partial charge in [-0.1, -0.05) is 31.4 Å². The van der Waals surface area contributed by atoms with E-state index < -0.39 is 0 Å². The molecule has 106 valence electrons. The Morgan fingerprint density at radius 1 is 1.11 bits per heavy atom. The van der Waals surface area contributed by atoms with Gasteiger partial charge in [-0.2, -0.15) is 0 Å². The molecule has 0 radical (unpaired) electrons. The minimum Gasteiger partial charge on any atom is -0.493 e. The van der Waals surface area contributed by atoms with Crippen LogP contribution in [0, 0.1) is 5.92 Å². The number of nitrogens with two attached hydrogens (primary N) is 1. The fraction of sp³-hybridized carbons (Fsp3) is 0.647. The van der Waals surface area contributed by atoms with Gasteiger partial charge in [-0.3, -0.25) is 0 Å². The van der Waals surface area contributed by atoms with Gasteiger partial charge in [-0.15, -0.1) is 0 Å². The number of aryl methyl sites for hydroxylation is 1. The van der Waals surface area contributed by atoms with Gasteiger partial charge in [0.25, 0.3) is 0 Å². The fourth-order valence-corrected chi connectivity index (χ4v) is 2.83. The Labute approximate surface area is 117 Å². The van der Waals surface area contributed by atoms with E-state index in [-0.39, 0.29) is 0 Å². The molecule has 1 fully saturated rings. The third-order valence-corrected chi connectivity index (χ3v) is 4.03. The van der Waals surface area contributed by atoms with Crippen LogP contribution in [-0.4, -0.2) is 13.2 Å². The summed E-state index contributed by atoms with van der Waals surface area (Å²) in [4.78, 5) is 0. The average molecular weight is 261 g/mol. The van der Waals surface area contributed by atoms with E-state index in [1.165, 1.54) is 44.1 Å². The summed E-state index contributed by atoms with van der Waals surface area (Å²) in [6.07, 6.45) is 10.2. The highest BCUT2D eigenvalue weighted by Gasteiger charge is 2.13. The summed E-state index contributed by atoms with van der Waals surface area (Å²) in [6.45, 7) is 1.68. The fourth-order valence-electron chi connectivity index (χ4n) is 2.83. The maximum atomic E-state index is 5.97. The molecule has 1 saturated carbocycles. The molecule has 1 aromatic rings. The van der Waals surface area contributed by atoms with Crippen LogP contribution in [0.25, 0.3) is 0 Å². The zero-order valence-electron chi connectivity index (χ0n) is 11.9. The van der Waals surface area contributed by atoms with Gasteiger partial charge in [0.15, 0.2) is 0 Å². The number of ether oxygens (including phenoxy) is 1. The van der Waals surface area contributed by atoms with Gasteiger partial charge in [-0.25, -0.2) is 0 Å². The van der Waals surface area contributed by atoms with Crippen molar-refractivity contribution in [3.63, 3.8) is 0 Å². The molecule has 0 heterocycles. The van der Waals surface area contributed by atoms with Crippen molar-refractivity contribution < 1.29 is 4.74 Å². The normalized spacial score (nSPS) is 16.5. The summed E-state index contributed by atoms with van der Waals surface area (Å²) < 4.78 is 5.97. The van der Waals surface area contributed by atoms with Crippen LogP contribution >= 0.6 is 0 Å². The van der Waals surface area contributed by atoms with E-state index in [0.29, 0.717) is 0 Å². The Kier molecular flexibility index (Phi) is 6.22. The van der Waals surface area contributed by atoms with Crippen LogP contribution in [0.2, 0.25) is 0 Å². The zero-order chi connectivity index (χ0) is 13.3. The second-order valence-corrected chi connectivity index (χ2v) is 5.71. The van der Waals surface area contributed by atoms with Crippen molar-refractivity contribution in [1.29, 1.82) is 0 Å². The highest BCUT2D eigenvalue weighted by Crippen LogP contribution is 2.25. The molecule has 2 nitrogen and oxygen atoms in total. The number of rotatable bonds is 7. The standard InChI is InChI=1S/C17H27NO/c18-12-5-4-7-15-10-6-11-17(13-15)19-14-16-8-2-1-3-9-16/h6,10-11,13,16H,1-5,7-9,12,14,18H2. The first-order valence-electron chi connectivity index (χ1n) is 7.80. The molecular weight excluding hydrogens is 234 g/mol. The Balaban J connectivity index is 1.77. The Morgan fingerprint density at radius 3 is 2.74 bits per heavy atom. The molecule has 0 aromatic heterocycles. The minimum absolute atomic E-state index is 0.773. The lowest BCUT2D eigenvalue weighted by atomic mass is 9.90. The molecule has 2 N–H and O–H groups in total. The SMILES string of the molecule is NCCCCc1cccc(OCC2CCCCC2)c1. The summed E-state index contributed by atoms with van der Waals surface area (Å²) in [5, 5.41) is 0. The van der Waals surface area contributed by atoms with Crippen LogP contribution in [0.5, 0.6) is 5.75 Å². The van der Waals surface area contributed by atoms with Crippen LogP contribution in [0.4, 0.5) is 0 Å². The van der Waals surface area contributed by atoms with E-state index in [1.54, 1.807) is 0 Å². The maximum absolute atomic E-state index is 5.97. The molecule has 0 unspecified atom stereocenters. The largest absolute Gasteiger partial charge is 0.493 e. The summed E-state index contributed by atoms with van der Waals surface area (Å²) in [7, 11) is 0. The quantitative estimate of drug-likeness (QED) is 0.755. The molecule has 0 saturated heterocycles. The number of benzene rings is 1. The molecule has 0 spiro atoms. The van der Waals surface area contributed by atoms with E-state index in [0.717, 1.165) is 37.7 Å². The molecule has 2 rings (SSSR count). The number of unbranched alkanes of at least 4 members (excludes halogenated alkanes) is 1. The second-order valence-electron chi connectivity index (χ2n) is 5.71. The highest BCUT2D eigenvalue weighted by molar-refractivity contribution is 5.28. The van der Waals surface area contributed by atoms with Gasteiger partial charge in [0, 0.05) is 0 Å². The van der Waals surface area contributed by atoms with Crippen molar-refractivity contribution in [2.45, 2.75) is 51.4 Å². The molecule has 1 aliphatic rings. The molecule has 0 amide bonds. The Morgan fingerprint density at radius 2 is 1.95 bits per heavy atom. The molecular formula is C17H27NO. The van der Waals surface area contributed by atoms with Crippen LogP contribution in [0.1, 0.15) is 50.5 Å². The molecule has 0 atom stereocenters. The van der Waals surface area contributed by atoms with Crippen LogP contribution in [-0.2, 0) is 6.42 Å². The van der Waals surface area contributed by atoms with Crippen molar-refractivity contribution >= 4 is 0 Å². The predicted octanol–water partition coefficient (Wildman–Crippen LogP) is 3.93. The summed E-state index contributed by atoms with van der Waals surface area (Å²) >= 11 is 0. The van der Waals surface area contributed by atoms with Crippen LogP contribution < -0.4 is 10.5 Å². The molecule has 1 aromatic carbocycles. The van der Waals surface area contributed by atoms with Crippen molar-refractivity contribution in [1.82, 2.24) is 0 Å². The van der Waals surface area contributed by atoms with E-state index in [4.69, 9.17) is 10.5 Å². The first-order chi connectivity index (χ1) is 9.38. The third-order valence-electron chi connectivity index (χ3n) is 4.03. The number of hydrogen-bond acceptors (Lipinski definition) is 2. The van der Waals surface area contributed by atoms with Crippen molar-refractivity contribution in [3.05, 3.63) is 29.8 Å². The molecule has 19 heavy (non-hydrogen) atoms. The average Bonchev–Trinajstić information content (AvgIpc) is 2.47. The highest BCUT2D eigenvalue weighted by atomic mass is 16.5. The predicted molar refractivity (Wildman–Crippen MR) is 80.5 cm³/mol. The summed E-state index contributed by atoms with van der Waals surface area (Å²) in [5.41, 5.74) is 6.90. The van der Waals surface area contributed by atoms with Crippen molar-refractivity contribution in [2.24, 2.45) is 11.7 Å². The van der Waals surface area contributed by atoms with Gasteiger partial charge in [0.05, 0.1) is 6.61 Å². The minimum atomic E-state index is 0.773. The van der Waals surface area contributed by atoms with Gasteiger partial charge >= 0.3 is 0 Å². The second kappa shape index (κ2) is 8.21. The van der Waals surface area contributed by atoms with Gasteiger partial charge < -0.3 is 10.5 Å². The van der Waals surface area contributed by atoms with Gasteiger partial charge in [0.2, 0.25) is 0 Å². The van der Waals surface area contributed by atoms with Crippen LogP contribution in [0.3, 0.4) is 0 Å². The van der Waals surface area contributed by atoms with Crippen molar-refractivity contribution in [3.8, 4) is 5.75 Å². The topological polar surface area (TPSA) is 35.2 Å². The van der Waals surface area contributed by atoms with E-state index in [9.17, 15) is 0 Å². The Hall–Kier alpha value is -1.02. The molecule has 0 aliphatic heterocycles. The summed E-state index contributed by atoms with van der Waals surface area (Å²) in [6, 6.07) is 8.56. The molecule has 1 aliphatic carbocycles. The lowest BCUT2D eigenvalue weighted by Crippen LogP contribution is -2.15. The maximum Gasteiger partial charge on any atom is 0.119 e. The van der Waals surface area contributed by atoms with E-state index in [2.05, 4.69) is 24.3 Å². The molecule has 0 bridgehead atoms. The van der Waals surface area contributed by atoms with E-state index >= 15 is 0 Å². The van der Waals surface area contributed by atoms with Crippen LogP contribution in [0.15, 0.2) is 24.3 Å². The van der Waals surface area contributed by atoms with Gasteiger partial charge in [-0.05, 0) is 62.3 Å². The zero-order valence-corrected chi connectivity index (χ0v) is 11.9. The number of hydrogen-bond donors (Lipinski definition) is 1. The summed E-state index contributed by atoms with van der Waals surface area (Å²) in [5.74, 6) is 1.81. The van der Waals surface area contributed by atoms with Crippen molar-refractivity contribution in [2.75, 3.05) is 13.2 Å².